The Morgan fingerprint density at radius 3 is 2.33 bits per heavy atom. The fourth-order valence-corrected chi connectivity index (χ4v) is 2.86. The molecule has 0 aromatic heterocycles. The molecule has 1 rings (SSSR count). The quantitative estimate of drug-likeness (QED) is 0.414. The van der Waals surface area contributed by atoms with Crippen LogP contribution in [0.4, 0.5) is 0 Å². The molecule has 5 N–H and O–H groups in total. The molecule has 0 radical (unpaired) electrons. The van der Waals surface area contributed by atoms with Gasteiger partial charge in [-0.15, -0.1) is 12.4 Å². The molecule has 3 atom stereocenters. The molecule has 0 bridgehead atoms. The van der Waals surface area contributed by atoms with Crippen LogP contribution >= 0.6 is 24.2 Å². The number of nitrogens with one attached hydrogen (secondary N) is 2. The first-order valence-corrected chi connectivity index (χ1v) is 10.3. The monoisotopic (exact) mass is 417 g/mol. The number of halogens is 1. The van der Waals surface area contributed by atoms with Gasteiger partial charge in [0.15, 0.2) is 0 Å². The van der Waals surface area contributed by atoms with Gasteiger partial charge in [0.1, 0.15) is 6.04 Å². The molecule has 3 unspecified atom stereocenters. The molecule has 1 aromatic carbocycles. The molecule has 0 saturated carbocycles. The van der Waals surface area contributed by atoms with Crippen LogP contribution in [0, 0.1) is 5.92 Å². The van der Waals surface area contributed by atoms with Crippen LogP contribution < -0.4 is 16.4 Å². The fraction of sp³-hybridized carbons (Fsp3) is 0.579. The Morgan fingerprint density at radius 1 is 1.19 bits per heavy atom. The molecule has 27 heavy (non-hydrogen) atoms. The van der Waals surface area contributed by atoms with Crippen LogP contribution in [-0.2, 0) is 16.0 Å². The number of benzene rings is 1. The number of carboxylic acids is 1. The van der Waals surface area contributed by atoms with Gasteiger partial charge in [0, 0.05) is 12.6 Å². The number of aliphatic carboxylic acids is 1. The minimum Gasteiger partial charge on any atom is -0.480 e. The summed E-state index contributed by atoms with van der Waals surface area (Å²) in [6.07, 6.45) is 2.78. The molecule has 154 valence electrons. The number of thioether (sulfide) groups is 1. The lowest BCUT2D eigenvalue weighted by Crippen LogP contribution is -2.53. The molecule has 0 fully saturated rings. The number of hydrogen-bond donors (Lipinski definition) is 4. The first kappa shape index (κ1) is 25.7. The lowest BCUT2D eigenvalue weighted by atomic mass is 10.0. The first-order valence-electron chi connectivity index (χ1n) is 8.90. The van der Waals surface area contributed by atoms with Crippen molar-refractivity contribution in [1.29, 1.82) is 0 Å². The van der Waals surface area contributed by atoms with E-state index in [1.165, 1.54) is 0 Å². The van der Waals surface area contributed by atoms with Gasteiger partial charge in [0.25, 0.3) is 0 Å². The van der Waals surface area contributed by atoms with Crippen molar-refractivity contribution in [1.82, 2.24) is 10.6 Å². The lowest BCUT2D eigenvalue weighted by molar-refractivity contribution is -0.142. The van der Waals surface area contributed by atoms with Gasteiger partial charge in [-0.1, -0.05) is 44.2 Å². The molecule has 0 saturated heterocycles. The summed E-state index contributed by atoms with van der Waals surface area (Å²) in [7, 11) is 0. The van der Waals surface area contributed by atoms with Crippen molar-refractivity contribution in [3.8, 4) is 0 Å². The zero-order valence-electron chi connectivity index (χ0n) is 16.2. The number of rotatable bonds is 12. The number of carboxylic acid groups (broad SMARTS) is 1. The van der Waals surface area contributed by atoms with Crippen molar-refractivity contribution >= 4 is 36.0 Å². The Kier molecular flexibility index (Phi) is 13.2. The predicted octanol–water partition coefficient (Wildman–Crippen LogP) is 1.91. The van der Waals surface area contributed by atoms with Crippen LogP contribution in [0.3, 0.4) is 0 Å². The third-order valence-corrected chi connectivity index (χ3v) is 4.92. The van der Waals surface area contributed by atoms with Crippen LogP contribution in [0.15, 0.2) is 30.3 Å². The predicted molar refractivity (Wildman–Crippen MR) is 115 cm³/mol. The third-order valence-electron chi connectivity index (χ3n) is 4.28. The van der Waals surface area contributed by atoms with E-state index in [1.54, 1.807) is 11.8 Å². The Hall–Kier alpha value is -1.28. The van der Waals surface area contributed by atoms with Gasteiger partial charge in [-0.25, -0.2) is 4.79 Å². The second kappa shape index (κ2) is 13.8. The Bertz CT molecular complexity index is 560. The molecule has 1 amide bonds. The van der Waals surface area contributed by atoms with Gasteiger partial charge >= 0.3 is 5.97 Å². The number of hydrogen-bond acceptors (Lipinski definition) is 5. The minimum absolute atomic E-state index is 0. The maximum absolute atomic E-state index is 12.7. The van der Waals surface area contributed by atoms with E-state index in [-0.39, 0.29) is 30.3 Å². The van der Waals surface area contributed by atoms with Gasteiger partial charge in [0.05, 0.1) is 6.04 Å². The maximum atomic E-state index is 12.7. The molecule has 0 spiro atoms. The topological polar surface area (TPSA) is 104 Å². The average molecular weight is 418 g/mol. The smallest absolute Gasteiger partial charge is 0.326 e. The van der Waals surface area contributed by atoms with E-state index in [0.29, 0.717) is 25.1 Å². The number of amides is 1. The van der Waals surface area contributed by atoms with Crippen molar-refractivity contribution in [3.05, 3.63) is 35.9 Å². The molecule has 1 aromatic rings. The molecular formula is C19H32ClN3O3S. The van der Waals surface area contributed by atoms with Gasteiger partial charge in [0.2, 0.25) is 5.91 Å². The molecule has 6 nitrogen and oxygen atoms in total. The Morgan fingerprint density at radius 2 is 1.81 bits per heavy atom. The summed E-state index contributed by atoms with van der Waals surface area (Å²) < 4.78 is 0. The van der Waals surface area contributed by atoms with Crippen LogP contribution in [0.5, 0.6) is 0 Å². The van der Waals surface area contributed by atoms with Gasteiger partial charge < -0.3 is 21.5 Å². The highest BCUT2D eigenvalue weighted by atomic mass is 35.5. The summed E-state index contributed by atoms with van der Waals surface area (Å²) in [6, 6.07) is 8.17. The molecule has 0 aliphatic heterocycles. The first-order chi connectivity index (χ1) is 12.3. The lowest BCUT2D eigenvalue weighted by Gasteiger charge is -2.24. The van der Waals surface area contributed by atoms with E-state index in [4.69, 9.17) is 5.73 Å². The maximum Gasteiger partial charge on any atom is 0.326 e. The molecule has 0 heterocycles. The normalized spacial score (nSPS) is 14.1. The number of carbonyl (C=O) groups excluding carboxylic acids is 1. The summed E-state index contributed by atoms with van der Waals surface area (Å²) in [6.45, 7) is 4.55. The highest BCUT2D eigenvalue weighted by molar-refractivity contribution is 7.98. The van der Waals surface area contributed by atoms with Gasteiger partial charge in [-0.05, 0) is 36.3 Å². The van der Waals surface area contributed by atoms with Crippen molar-refractivity contribution < 1.29 is 14.7 Å². The van der Waals surface area contributed by atoms with E-state index >= 15 is 0 Å². The summed E-state index contributed by atoms with van der Waals surface area (Å²) in [5.74, 6) is -0.356. The van der Waals surface area contributed by atoms with E-state index < -0.39 is 18.1 Å². The zero-order chi connectivity index (χ0) is 19.5. The van der Waals surface area contributed by atoms with Crippen molar-refractivity contribution in [3.63, 3.8) is 0 Å². The summed E-state index contributed by atoms with van der Waals surface area (Å²) in [4.78, 5) is 24.1. The van der Waals surface area contributed by atoms with Gasteiger partial charge in [-0.3, -0.25) is 4.79 Å². The SMILES string of the molecule is CSCCC(NC(=O)C(Cc1ccccc1)NCC(N)C(C)C)C(=O)O.Cl. The third kappa shape index (κ3) is 10.0. The Labute approximate surface area is 172 Å². The number of nitrogens with two attached hydrogens (primary N) is 1. The van der Waals surface area contributed by atoms with E-state index in [0.717, 1.165) is 5.56 Å². The van der Waals surface area contributed by atoms with Crippen molar-refractivity contribution in [2.24, 2.45) is 11.7 Å². The minimum atomic E-state index is -1.01. The van der Waals surface area contributed by atoms with E-state index in [9.17, 15) is 14.7 Å². The van der Waals surface area contributed by atoms with Gasteiger partial charge in [-0.2, -0.15) is 11.8 Å². The second-order valence-corrected chi connectivity index (χ2v) is 7.72. The zero-order valence-corrected chi connectivity index (χ0v) is 17.8. The number of carbonyl (C=O) groups is 2. The van der Waals surface area contributed by atoms with Crippen LogP contribution in [0.1, 0.15) is 25.8 Å². The van der Waals surface area contributed by atoms with Crippen LogP contribution in [0.2, 0.25) is 0 Å². The van der Waals surface area contributed by atoms with E-state index in [2.05, 4.69) is 10.6 Å². The highest BCUT2D eigenvalue weighted by Gasteiger charge is 2.25. The molecule has 0 aliphatic carbocycles. The summed E-state index contributed by atoms with van der Waals surface area (Å²) >= 11 is 1.56. The largest absolute Gasteiger partial charge is 0.480 e. The Balaban J connectivity index is 0.00000676. The summed E-state index contributed by atoms with van der Waals surface area (Å²) in [5.41, 5.74) is 7.09. The molecular weight excluding hydrogens is 386 g/mol. The van der Waals surface area contributed by atoms with Crippen LogP contribution in [0.25, 0.3) is 0 Å². The van der Waals surface area contributed by atoms with Crippen molar-refractivity contribution in [2.75, 3.05) is 18.6 Å². The second-order valence-electron chi connectivity index (χ2n) is 6.74. The summed E-state index contributed by atoms with van der Waals surface area (Å²) in [5, 5.41) is 15.2. The fourth-order valence-electron chi connectivity index (χ4n) is 2.39. The highest BCUT2D eigenvalue weighted by Crippen LogP contribution is 2.07. The van der Waals surface area contributed by atoms with Crippen molar-refractivity contribution in [2.45, 2.75) is 44.8 Å². The molecule has 0 aliphatic rings. The average Bonchev–Trinajstić information content (AvgIpc) is 2.62. The van der Waals surface area contributed by atoms with Crippen LogP contribution in [-0.4, -0.2) is 53.7 Å². The molecule has 8 heteroatoms. The standard InChI is InChI=1S/C19H31N3O3S.ClH/c1-13(2)15(20)12-21-17(11-14-7-5-4-6-8-14)18(23)22-16(19(24)25)9-10-26-3;/h4-8,13,15-17,21H,9-12,20H2,1-3H3,(H,22,23)(H,24,25);1H. The van der Waals surface area contributed by atoms with E-state index in [1.807, 2.05) is 50.4 Å².